The van der Waals surface area contributed by atoms with Gasteiger partial charge in [-0.15, -0.1) is 0 Å². The van der Waals surface area contributed by atoms with Gasteiger partial charge in [-0.05, 0) is 98.9 Å². The van der Waals surface area contributed by atoms with Gasteiger partial charge in [0.1, 0.15) is 5.41 Å². The number of amides is 1. The summed E-state index contributed by atoms with van der Waals surface area (Å²) in [4.78, 5) is 32.7. The van der Waals surface area contributed by atoms with Crippen molar-refractivity contribution in [1.82, 2.24) is 10.3 Å². The molecule has 0 bridgehead atoms. The fraction of sp³-hybridized carbons (Fsp3) is 0.594. The number of pyridine rings is 1. The van der Waals surface area contributed by atoms with Gasteiger partial charge < -0.3 is 10.4 Å². The number of ketones is 1. The maximum atomic E-state index is 16.0. The van der Waals surface area contributed by atoms with Gasteiger partial charge in [0.25, 0.3) is 0 Å². The first-order valence-corrected chi connectivity index (χ1v) is 15.4. The molecule has 1 saturated heterocycles. The molecule has 3 atom stereocenters. The third-order valence-corrected chi connectivity index (χ3v) is 11.2. The van der Waals surface area contributed by atoms with Gasteiger partial charge in [-0.1, -0.05) is 43.1 Å². The van der Waals surface area contributed by atoms with Gasteiger partial charge in [0.15, 0.2) is 16.8 Å². The molecule has 2 saturated carbocycles. The highest BCUT2D eigenvalue weighted by Gasteiger charge is 2.72. The van der Waals surface area contributed by atoms with E-state index in [9.17, 15) is 14.7 Å². The zero-order valence-electron chi connectivity index (χ0n) is 24.0. The van der Waals surface area contributed by atoms with Crippen LogP contribution in [0.1, 0.15) is 89.7 Å². The molecular formula is C32H38Cl2FN3O3. The van der Waals surface area contributed by atoms with Crippen molar-refractivity contribution in [2.45, 2.75) is 101 Å². The van der Waals surface area contributed by atoms with E-state index in [1.165, 1.54) is 6.20 Å². The summed E-state index contributed by atoms with van der Waals surface area (Å²) in [5.41, 5.74) is -1.21. The fourth-order valence-corrected chi connectivity index (χ4v) is 8.61. The molecule has 4 aliphatic rings. The van der Waals surface area contributed by atoms with E-state index in [1.807, 2.05) is 6.07 Å². The number of hydrogen-bond acceptors (Lipinski definition) is 5. The zero-order chi connectivity index (χ0) is 29.5. The van der Waals surface area contributed by atoms with Crippen LogP contribution in [0.25, 0.3) is 0 Å². The number of nitrogens with one attached hydrogen (secondary N) is 2. The summed E-state index contributed by atoms with van der Waals surface area (Å²) in [6, 6.07) is 6.11. The van der Waals surface area contributed by atoms with Crippen LogP contribution in [0.15, 0.2) is 30.5 Å². The number of rotatable bonds is 5. The quantitative estimate of drug-likeness (QED) is 0.337. The number of benzene rings is 1. The minimum atomic E-state index is -1.26. The first-order chi connectivity index (χ1) is 19.2. The van der Waals surface area contributed by atoms with Gasteiger partial charge in [-0.25, -0.2) is 9.37 Å². The molecule has 6 rings (SSSR count). The van der Waals surface area contributed by atoms with Gasteiger partial charge in [-0.3, -0.25) is 14.9 Å². The van der Waals surface area contributed by atoms with Gasteiger partial charge in [-0.2, -0.15) is 0 Å². The molecule has 3 heterocycles. The molecule has 9 heteroatoms. The Balaban J connectivity index is 1.50. The minimum absolute atomic E-state index is 0.0437. The number of hydrogen-bond donors (Lipinski definition) is 3. The Bertz CT molecular complexity index is 1410. The topological polar surface area (TPSA) is 91.3 Å². The number of aromatic nitrogens is 1. The SMILES string of the molecule is CC1(C)CCC2(CC1)N[C@@H](C(=O)CC1CC(C(C)(C)O)C1)[C@H](c1ccnc(Cl)c1F)[C@]21C(=O)Nc2cc(Cl)ccc21. The third-order valence-electron chi connectivity index (χ3n) is 10.7. The van der Waals surface area contributed by atoms with E-state index >= 15 is 4.39 Å². The Morgan fingerprint density at radius 2 is 1.83 bits per heavy atom. The summed E-state index contributed by atoms with van der Waals surface area (Å²) in [5.74, 6) is -1.57. The molecule has 6 nitrogen and oxygen atoms in total. The van der Waals surface area contributed by atoms with Crippen molar-refractivity contribution in [3.63, 3.8) is 0 Å². The van der Waals surface area contributed by atoms with Crippen LogP contribution in [-0.4, -0.2) is 39.0 Å². The first kappa shape index (κ1) is 29.0. The smallest absolute Gasteiger partial charge is 0.237 e. The van der Waals surface area contributed by atoms with E-state index in [1.54, 1.807) is 32.0 Å². The van der Waals surface area contributed by atoms with E-state index < -0.39 is 34.3 Å². The third kappa shape index (κ3) is 4.45. The first-order valence-electron chi connectivity index (χ1n) is 14.6. The summed E-state index contributed by atoms with van der Waals surface area (Å²) in [7, 11) is 0. The molecule has 2 aliphatic heterocycles. The standard InChI is InChI=1S/C32H38Cl2FN3O3/c1-29(2)8-10-31(11-9-29)32(21-6-5-19(33)16-22(21)37-28(32)40)24(20-7-12-36-27(34)25(20)35)26(38-31)23(39)15-17-13-18(14-17)30(3,4)41/h5-7,12,16-18,24,26,38,41H,8-11,13-15H2,1-4H3,(H,37,40)/t17?,18?,24-,26-,32+/m0/s1. The molecule has 1 aromatic carbocycles. The van der Waals surface area contributed by atoms with Crippen LogP contribution in [0.5, 0.6) is 0 Å². The van der Waals surface area contributed by atoms with Crippen LogP contribution in [0.3, 0.4) is 0 Å². The monoisotopic (exact) mass is 601 g/mol. The molecule has 41 heavy (non-hydrogen) atoms. The largest absolute Gasteiger partial charge is 0.390 e. The molecule has 3 fully saturated rings. The Morgan fingerprint density at radius 1 is 1.15 bits per heavy atom. The van der Waals surface area contributed by atoms with E-state index in [0.29, 0.717) is 30.0 Å². The van der Waals surface area contributed by atoms with Gasteiger partial charge in [0, 0.05) is 34.8 Å². The number of aliphatic hydroxyl groups is 1. The van der Waals surface area contributed by atoms with Crippen molar-refractivity contribution >= 4 is 40.6 Å². The fourth-order valence-electron chi connectivity index (χ4n) is 8.27. The average Bonchev–Trinajstić information content (AvgIpc) is 3.32. The van der Waals surface area contributed by atoms with Gasteiger partial charge in [0.05, 0.1) is 11.6 Å². The lowest BCUT2D eigenvalue weighted by molar-refractivity contribution is -0.125. The normalized spacial score (nSPS) is 31.7. The number of Topliss-reactive ketones (excluding diaryl/α,β-unsaturated/α-hetero) is 1. The van der Waals surface area contributed by atoms with Crippen molar-refractivity contribution in [3.05, 3.63) is 57.6 Å². The van der Waals surface area contributed by atoms with E-state index in [2.05, 4.69) is 29.5 Å². The number of fused-ring (bicyclic) bond motifs is 3. The number of carbonyl (C=O) groups excluding carboxylic acids is 2. The molecule has 220 valence electrons. The molecule has 1 amide bonds. The Hall–Kier alpha value is -2.06. The van der Waals surface area contributed by atoms with Crippen LogP contribution >= 0.6 is 23.2 Å². The lowest BCUT2D eigenvalue weighted by Gasteiger charge is -2.50. The molecule has 0 radical (unpaired) electrons. The van der Waals surface area contributed by atoms with Crippen molar-refractivity contribution in [3.8, 4) is 0 Å². The van der Waals surface area contributed by atoms with Gasteiger partial charge in [0.2, 0.25) is 5.91 Å². The Kier molecular flexibility index (Phi) is 6.89. The van der Waals surface area contributed by atoms with Crippen LogP contribution in [0.2, 0.25) is 10.2 Å². The average molecular weight is 603 g/mol. The number of halogens is 3. The summed E-state index contributed by atoms with van der Waals surface area (Å²) in [6.07, 6.45) is 6.26. The van der Waals surface area contributed by atoms with E-state index in [4.69, 9.17) is 23.2 Å². The van der Waals surface area contributed by atoms with E-state index in [0.717, 1.165) is 31.2 Å². The molecule has 2 spiro atoms. The Morgan fingerprint density at radius 3 is 2.49 bits per heavy atom. The van der Waals surface area contributed by atoms with Crippen molar-refractivity contribution in [1.29, 1.82) is 0 Å². The summed E-state index contributed by atoms with van der Waals surface area (Å²) < 4.78 is 16.0. The molecule has 1 aromatic heterocycles. The zero-order valence-corrected chi connectivity index (χ0v) is 25.5. The lowest BCUT2D eigenvalue weighted by atomic mass is 9.53. The predicted molar refractivity (Wildman–Crippen MR) is 158 cm³/mol. The van der Waals surface area contributed by atoms with Crippen molar-refractivity contribution in [2.24, 2.45) is 17.3 Å². The molecular weight excluding hydrogens is 564 g/mol. The van der Waals surface area contributed by atoms with Crippen LogP contribution in [0, 0.1) is 23.1 Å². The summed E-state index contributed by atoms with van der Waals surface area (Å²) in [6.45, 7) is 8.06. The predicted octanol–water partition coefficient (Wildman–Crippen LogP) is 6.57. The highest BCUT2D eigenvalue weighted by atomic mass is 35.5. The second kappa shape index (κ2) is 9.73. The second-order valence-electron chi connectivity index (χ2n) is 14.2. The number of anilines is 1. The highest BCUT2D eigenvalue weighted by Crippen LogP contribution is 2.64. The maximum absolute atomic E-state index is 16.0. The Labute approximate surface area is 250 Å². The van der Waals surface area contributed by atoms with Crippen LogP contribution < -0.4 is 10.6 Å². The highest BCUT2D eigenvalue weighted by molar-refractivity contribution is 6.31. The lowest BCUT2D eigenvalue weighted by Crippen LogP contribution is -2.61. The number of nitrogens with zero attached hydrogens (tertiary/aromatic N) is 1. The van der Waals surface area contributed by atoms with Crippen LogP contribution in [0.4, 0.5) is 10.1 Å². The number of carbonyl (C=O) groups is 2. The summed E-state index contributed by atoms with van der Waals surface area (Å²) in [5, 5.41) is 17.4. The molecule has 2 aromatic rings. The van der Waals surface area contributed by atoms with Gasteiger partial charge >= 0.3 is 0 Å². The molecule has 2 aliphatic carbocycles. The maximum Gasteiger partial charge on any atom is 0.237 e. The van der Waals surface area contributed by atoms with Crippen molar-refractivity contribution < 1.29 is 19.1 Å². The minimum Gasteiger partial charge on any atom is -0.390 e. The molecule has 3 N–H and O–H groups in total. The second-order valence-corrected chi connectivity index (χ2v) is 15.0. The van der Waals surface area contributed by atoms with Crippen molar-refractivity contribution in [2.75, 3.05) is 5.32 Å². The van der Waals surface area contributed by atoms with Crippen LogP contribution in [-0.2, 0) is 15.0 Å². The van der Waals surface area contributed by atoms with E-state index in [-0.39, 0.29) is 39.7 Å². The summed E-state index contributed by atoms with van der Waals surface area (Å²) >= 11 is 12.6. The molecule has 0 unspecified atom stereocenters.